The predicted octanol–water partition coefficient (Wildman–Crippen LogP) is -0.389. The van der Waals surface area contributed by atoms with Crippen LogP contribution in [0.4, 0.5) is 0 Å². The van der Waals surface area contributed by atoms with Crippen molar-refractivity contribution in [3.05, 3.63) is 0 Å². The summed E-state index contributed by atoms with van der Waals surface area (Å²) in [5.74, 6) is 0.905. The van der Waals surface area contributed by atoms with Crippen LogP contribution in [-0.2, 0) is 14.6 Å². The first-order valence-corrected chi connectivity index (χ1v) is 9.73. The van der Waals surface area contributed by atoms with E-state index < -0.39 is 9.84 Å². The lowest BCUT2D eigenvalue weighted by Gasteiger charge is -2.29. The molecule has 0 aliphatic carbocycles. The Morgan fingerprint density at radius 1 is 1.29 bits per heavy atom. The minimum Gasteiger partial charge on any atom is -0.351 e. The van der Waals surface area contributed by atoms with Gasteiger partial charge >= 0.3 is 0 Å². The van der Waals surface area contributed by atoms with Crippen molar-refractivity contribution in [2.45, 2.75) is 32.2 Å². The normalized spacial score (nSPS) is 26.1. The number of carbonyl (C=O) groups is 1. The van der Waals surface area contributed by atoms with Crippen molar-refractivity contribution in [3.63, 3.8) is 0 Å². The molecule has 1 amide bonds. The van der Waals surface area contributed by atoms with Crippen molar-refractivity contribution < 1.29 is 13.2 Å². The van der Waals surface area contributed by atoms with E-state index in [1.807, 2.05) is 0 Å². The zero-order chi connectivity index (χ0) is 15.3. The number of sulfone groups is 1. The van der Waals surface area contributed by atoms with Crippen molar-refractivity contribution in [3.8, 4) is 0 Å². The Bertz CT molecular complexity index is 446. The summed E-state index contributed by atoms with van der Waals surface area (Å²) in [5, 5.41) is 6.21. The summed E-state index contributed by atoms with van der Waals surface area (Å²) in [6.45, 7) is 6.36. The van der Waals surface area contributed by atoms with Gasteiger partial charge in [0.25, 0.3) is 0 Å². The monoisotopic (exact) mass is 317 g/mol. The molecule has 2 aliphatic rings. The number of rotatable bonds is 6. The standard InChI is InChI=1S/C14H27N3O3S/c1-2-17(9-12-3-6-15-7-4-12)10-14(18)16-13-5-8-21(19,20)11-13/h12-13,15H,2-11H2,1H3,(H,16,18). The maximum atomic E-state index is 12.1. The van der Waals surface area contributed by atoms with Crippen molar-refractivity contribution in [1.82, 2.24) is 15.5 Å². The van der Waals surface area contributed by atoms with E-state index in [4.69, 9.17) is 0 Å². The molecule has 1 atom stereocenters. The van der Waals surface area contributed by atoms with Crippen LogP contribution in [0.5, 0.6) is 0 Å². The smallest absolute Gasteiger partial charge is 0.234 e. The number of hydrogen-bond acceptors (Lipinski definition) is 5. The minimum atomic E-state index is -2.93. The zero-order valence-corrected chi connectivity index (χ0v) is 13.6. The van der Waals surface area contributed by atoms with Crippen LogP contribution in [0.3, 0.4) is 0 Å². The van der Waals surface area contributed by atoms with Crippen LogP contribution in [-0.4, -0.2) is 69.5 Å². The Kier molecular flexibility index (Phi) is 6.01. The quantitative estimate of drug-likeness (QED) is 0.698. The fourth-order valence-electron chi connectivity index (χ4n) is 3.12. The zero-order valence-electron chi connectivity index (χ0n) is 12.8. The van der Waals surface area contributed by atoms with Crippen LogP contribution in [0.1, 0.15) is 26.2 Å². The third-order valence-electron chi connectivity index (χ3n) is 4.39. The molecule has 0 bridgehead atoms. The third kappa shape index (κ3) is 5.56. The van der Waals surface area contributed by atoms with E-state index in [1.165, 1.54) is 12.8 Å². The first-order chi connectivity index (χ1) is 9.98. The molecule has 0 aromatic carbocycles. The van der Waals surface area contributed by atoms with Gasteiger partial charge in [0.2, 0.25) is 5.91 Å². The second-order valence-corrected chi connectivity index (χ2v) is 8.42. The van der Waals surface area contributed by atoms with Crippen LogP contribution < -0.4 is 10.6 Å². The Labute approximate surface area is 127 Å². The molecular weight excluding hydrogens is 290 g/mol. The van der Waals surface area contributed by atoms with Gasteiger partial charge in [0.05, 0.1) is 18.1 Å². The number of amides is 1. The maximum absolute atomic E-state index is 12.1. The third-order valence-corrected chi connectivity index (χ3v) is 6.16. The molecule has 0 saturated carbocycles. The molecule has 7 heteroatoms. The van der Waals surface area contributed by atoms with Crippen LogP contribution in [0.2, 0.25) is 0 Å². The van der Waals surface area contributed by atoms with Crippen LogP contribution in [0.15, 0.2) is 0 Å². The first-order valence-electron chi connectivity index (χ1n) is 7.91. The summed E-state index contributed by atoms with van der Waals surface area (Å²) in [5.41, 5.74) is 0. The Hall–Kier alpha value is -0.660. The van der Waals surface area contributed by atoms with Crippen molar-refractivity contribution >= 4 is 15.7 Å². The van der Waals surface area contributed by atoms with Crippen molar-refractivity contribution in [1.29, 1.82) is 0 Å². The Balaban J connectivity index is 1.74. The molecule has 0 spiro atoms. The molecule has 0 aromatic heterocycles. The molecule has 21 heavy (non-hydrogen) atoms. The molecule has 6 nitrogen and oxygen atoms in total. The molecule has 2 saturated heterocycles. The van der Waals surface area contributed by atoms with Gasteiger partial charge in [0.15, 0.2) is 9.84 Å². The molecule has 0 radical (unpaired) electrons. The molecule has 122 valence electrons. The maximum Gasteiger partial charge on any atom is 0.234 e. The molecule has 2 rings (SSSR count). The highest BCUT2D eigenvalue weighted by Crippen LogP contribution is 2.14. The number of nitrogens with zero attached hydrogens (tertiary/aromatic N) is 1. The Morgan fingerprint density at radius 3 is 2.57 bits per heavy atom. The largest absolute Gasteiger partial charge is 0.351 e. The second kappa shape index (κ2) is 7.56. The van der Waals surface area contributed by atoms with E-state index in [-0.39, 0.29) is 23.5 Å². The van der Waals surface area contributed by atoms with Crippen LogP contribution >= 0.6 is 0 Å². The van der Waals surface area contributed by atoms with Gasteiger partial charge in [0.1, 0.15) is 0 Å². The number of piperidine rings is 1. The van der Waals surface area contributed by atoms with Gasteiger partial charge in [0, 0.05) is 12.6 Å². The van der Waals surface area contributed by atoms with Crippen molar-refractivity contribution in [2.75, 3.05) is 44.2 Å². The van der Waals surface area contributed by atoms with Crippen molar-refractivity contribution in [2.24, 2.45) is 5.92 Å². The van der Waals surface area contributed by atoms with E-state index in [9.17, 15) is 13.2 Å². The van der Waals surface area contributed by atoms with Gasteiger partial charge in [-0.15, -0.1) is 0 Å². The fraction of sp³-hybridized carbons (Fsp3) is 0.929. The summed E-state index contributed by atoms with van der Waals surface area (Å²) in [6.07, 6.45) is 2.88. The summed E-state index contributed by atoms with van der Waals surface area (Å²) < 4.78 is 22.8. The summed E-state index contributed by atoms with van der Waals surface area (Å²) in [4.78, 5) is 14.2. The highest BCUT2D eigenvalue weighted by Gasteiger charge is 2.29. The number of hydrogen-bond donors (Lipinski definition) is 2. The molecule has 1 unspecified atom stereocenters. The van der Waals surface area contributed by atoms with Gasteiger partial charge in [-0.25, -0.2) is 8.42 Å². The lowest BCUT2D eigenvalue weighted by molar-refractivity contribution is -0.122. The lowest BCUT2D eigenvalue weighted by Crippen LogP contribution is -2.44. The lowest BCUT2D eigenvalue weighted by atomic mass is 9.97. The molecule has 2 N–H and O–H groups in total. The molecule has 2 aliphatic heterocycles. The van der Waals surface area contributed by atoms with E-state index >= 15 is 0 Å². The number of likely N-dealkylation sites (N-methyl/N-ethyl adjacent to an activating group) is 1. The van der Waals surface area contributed by atoms with Crippen LogP contribution in [0, 0.1) is 5.92 Å². The molecule has 0 aromatic rings. The number of carbonyl (C=O) groups excluding carboxylic acids is 1. The predicted molar refractivity (Wildman–Crippen MR) is 82.9 cm³/mol. The molecular formula is C14H27N3O3S. The van der Waals surface area contributed by atoms with Gasteiger partial charge in [-0.05, 0) is 44.8 Å². The van der Waals surface area contributed by atoms with E-state index in [1.54, 1.807) is 0 Å². The highest BCUT2D eigenvalue weighted by atomic mass is 32.2. The average molecular weight is 317 g/mol. The highest BCUT2D eigenvalue weighted by molar-refractivity contribution is 7.91. The van der Waals surface area contributed by atoms with E-state index in [2.05, 4.69) is 22.5 Å². The SMILES string of the molecule is CCN(CC(=O)NC1CCS(=O)(=O)C1)CC1CCNCC1. The summed E-state index contributed by atoms with van der Waals surface area (Å²) in [7, 11) is -2.93. The average Bonchev–Trinajstić information content (AvgIpc) is 2.78. The van der Waals surface area contributed by atoms with E-state index in [0.29, 0.717) is 18.9 Å². The second-order valence-electron chi connectivity index (χ2n) is 6.19. The number of nitrogens with one attached hydrogen (secondary N) is 2. The van der Waals surface area contributed by atoms with E-state index in [0.717, 1.165) is 26.2 Å². The fourth-order valence-corrected chi connectivity index (χ4v) is 4.79. The topological polar surface area (TPSA) is 78.5 Å². The van der Waals surface area contributed by atoms with Gasteiger partial charge in [-0.1, -0.05) is 6.92 Å². The summed E-state index contributed by atoms with van der Waals surface area (Å²) in [6, 6.07) is -0.194. The Morgan fingerprint density at radius 2 is 2.00 bits per heavy atom. The molecule has 2 fully saturated rings. The van der Waals surface area contributed by atoms with Gasteiger partial charge in [-0.2, -0.15) is 0 Å². The van der Waals surface area contributed by atoms with Gasteiger partial charge in [-0.3, -0.25) is 9.69 Å². The van der Waals surface area contributed by atoms with Gasteiger partial charge < -0.3 is 10.6 Å². The molecule has 2 heterocycles. The summed E-state index contributed by atoms with van der Waals surface area (Å²) >= 11 is 0. The first kappa shape index (κ1) is 16.7. The minimum absolute atomic E-state index is 0.0483. The van der Waals surface area contributed by atoms with Crippen LogP contribution in [0.25, 0.3) is 0 Å².